The van der Waals surface area contributed by atoms with E-state index in [0.29, 0.717) is 11.6 Å². The Morgan fingerprint density at radius 2 is 2.17 bits per heavy atom. The van der Waals surface area contributed by atoms with Crippen LogP contribution in [-0.4, -0.2) is 16.1 Å². The van der Waals surface area contributed by atoms with E-state index >= 15 is 0 Å². The Kier molecular flexibility index (Phi) is 2.80. The van der Waals surface area contributed by atoms with E-state index in [1.165, 1.54) is 5.56 Å². The number of H-pyrrole nitrogens is 1. The monoisotopic (exact) mass is 261 g/mol. The standard InChI is InChI=1S/C13H12ClN3O/c14-9-3-1-8(2-4-9)11-5-12(11)13(18)17-10-6-15-16-7-10/h1-4,6-7,11-12H,5H2,(H,15,16)(H,17,18)/t11-,12-/m1/s1. The minimum Gasteiger partial charge on any atom is -0.323 e. The van der Waals surface area contributed by atoms with Crippen LogP contribution in [0.4, 0.5) is 5.69 Å². The second-order valence-electron chi connectivity index (χ2n) is 4.48. The summed E-state index contributed by atoms with van der Waals surface area (Å²) in [6.07, 6.45) is 4.15. The summed E-state index contributed by atoms with van der Waals surface area (Å²) in [7, 11) is 0. The first kappa shape index (κ1) is 11.3. The summed E-state index contributed by atoms with van der Waals surface area (Å²) in [5.74, 6) is 0.423. The lowest BCUT2D eigenvalue weighted by Gasteiger charge is -2.02. The Bertz CT molecular complexity index is 550. The smallest absolute Gasteiger partial charge is 0.228 e. The van der Waals surface area contributed by atoms with Crippen LogP contribution in [0.5, 0.6) is 0 Å². The van der Waals surface area contributed by atoms with Gasteiger partial charge in [0.15, 0.2) is 0 Å². The average molecular weight is 262 g/mol. The molecule has 92 valence electrons. The number of carbonyl (C=O) groups excluding carboxylic acids is 1. The number of anilines is 1. The molecule has 1 heterocycles. The van der Waals surface area contributed by atoms with Crippen molar-refractivity contribution in [1.82, 2.24) is 10.2 Å². The third kappa shape index (κ3) is 2.24. The number of hydrogen-bond acceptors (Lipinski definition) is 2. The molecule has 0 saturated heterocycles. The number of hydrogen-bond donors (Lipinski definition) is 2. The van der Waals surface area contributed by atoms with Gasteiger partial charge < -0.3 is 5.32 Å². The van der Waals surface area contributed by atoms with Gasteiger partial charge in [0.05, 0.1) is 11.9 Å². The van der Waals surface area contributed by atoms with Crippen LogP contribution in [0, 0.1) is 5.92 Å². The lowest BCUT2D eigenvalue weighted by atomic mass is 10.1. The number of halogens is 1. The molecule has 18 heavy (non-hydrogen) atoms. The van der Waals surface area contributed by atoms with E-state index in [0.717, 1.165) is 11.4 Å². The van der Waals surface area contributed by atoms with Crippen molar-refractivity contribution >= 4 is 23.2 Å². The second-order valence-corrected chi connectivity index (χ2v) is 4.91. The molecule has 1 fully saturated rings. The lowest BCUT2D eigenvalue weighted by Crippen LogP contribution is -2.14. The van der Waals surface area contributed by atoms with Crippen molar-refractivity contribution in [2.75, 3.05) is 5.32 Å². The first-order valence-electron chi connectivity index (χ1n) is 5.79. The SMILES string of the molecule is O=C(Nc1cn[nH]c1)[C@@H]1C[C@@H]1c1ccc(Cl)cc1. The van der Waals surface area contributed by atoms with Crippen LogP contribution in [0.15, 0.2) is 36.7 Å². The van der Waals surface area contributed by atoms with Crippen molar-refractivity contribution in [3.63, 3.8) is 0 Å². The van der Waals surface area contributed by atoms with Crippen molar-refractivity contribution in [2.24, 2.45) is 5.92 Å². The maximum atomic E-state index is 11.9. The summed E-state index contributed by atoms with van der Waals surface area (Å²) in [5, 5.41) is 10.0. The number of benzene rings is 1. The van der Waals surface area contributed by atoms with E-state index in [1.54, 1.807) is 12.4 Å². The molecular formula is C13H12ClN3O. The number of nitrogens with one attached hydrogen (secondary N) is 2. The van der Waals surface area contributed by atoms with Crippen LogP contribution >= 0.6 is 11.6 Å². The predicted octanol–water partition coefficient (Wildman–Crippen LogP) is 2.81. The van der Waals surface area contributed by atoms with Crippen molar-refractivity contribution in [1.29, 1.82) is 0 Å². The van der Waals surface area contributed by atoms with Crippen LogP contribution in [-0.2, 0) is 4.79 Å². The topological polar surface area (TPSA) is 57.8 Å². The zero-order chi connectivity index (χ0) is 12.5. The van der Waals surface area contributed by atoms with Gasteiger partial charge in [0.2, 0.25) is 5.91 Å². The van der Waals surface area contributed by atoms with Crippen molar-refractivity contribution in [3.8, 4) is 0 Å². The highest BCUT2D eigenvalue weighted by Crippen LogP contribution is 2.48. The normalized spacial score (nSPS) is 21.6. The van der Waals surface area contributed by atoms with Gasteiger partial charge in [0.1, 0.15) is 0 Å². The molecule has 1 aromatic heterocycles. The van der Waals surface area contributed by atoms with E-state index < -0.39 is 0 Å². The molecule has 5 heteroatoms. The minimum absolute atomic E-state index is 0.0522. The van der Waals surface area contributed by atoms with Gasteiger partial charge in [0, 0.05) is 17.1 Å². The summed E-state index contributed by atoms with van der Waals surface area (Å²) in [5.41, 5.74) is 1.88. The molecule has 1 aliphatic carbocycles. The highest BCUT2D eigenvalue weighted by Gasteiger charge is 2.43. The van der Waals surface area contributed by atoms with Gasteiger partial charge in [-0.2, -0.15) is 5.10 Å². The molecule has 0 bridgehead atoms. The molecule has 2 N–H and O–H groups in total. The van der Waals surface area contributed by atoms with Gasteiger partial charge in [-0.3, -0.25) is 9.89 Å². The Hall–Kier alpha value is -1.81. The molecular weight excluding hydrogens is 250 g/mol. The fourth-order valence-electron chi connectivity index (χ4n) is 2.12. The zero-order valence-electron chi connectivity index (χ0n) is 9.56. The Balaban J connectivity index is 1.63. The molecule has 4 nitrogen and oxygen atoms in total. The molecule has 0 radical (unpaired) electrons. The molecule has 0 aliphatic heterocycles. The Morgan fingerprint density at radius 3 is 2.83 bits per heavy atom. The Labute approximate surface area is 109 Å². The minimum atomic E-state index is 0.0522. The largest absolute Gasteiger partial charge is 0.323 e. The van der Waals surface area contributed by atoms with Crippen LogP contribution in [0.2, 0.25) is 5.02 Å². The second kappa shape index (κ2) is 4.46. The maximum absolute atomic E-state index is 11.9. The summed E-state index contributed by atoms with van der Waals surface area (Å²) in [4.78, 5) is 11.9. The molecule has 1 aliphatic rings. The van der Waals surface area contributed by atoms with Gasteiger partial charge >= 0.3 is 0 Å². The molecule has 1 amide bonds. The van der Waals surface area contributed by atoms with Crippen molar-refractivity contribution in [3.05, 3.63) is 47.2 Å². The molecule has 3 rings (SSSR count). The van der Waals surface area contributed by atoms with E-state index in [2.05, 4.69) is 15.5 Å². The highest BCUT2D eigenvalue weighted by molar-refractivity contribution is 6.30. The quantitative estimate of drug-likeness (QED) is 0.893. The van der Waals surface area contributed by atoms with Crippen LogP contribution in [0.3, 0.4) is 0 Å². The number of nitrogens with zero attached hydrogens (tertiary/aromatic N) is 1. The van der Waals surface area contributed by atoms with E-state index in [1.807, 2.05) is 24.3 Å². The molecule has 1 saturated carbocycles. The number of aromatic amines is 1. The van der Waals surface area contributed by atoms with E-state index in [-0.39, 0.29) is 11.8 Å². The molecule has 0 unspecified atom stereocenters. The fraction of sp³-hybridized carbons (Fsp3) is 0.231. The first-order chi connectivity index (χ1) is 8.74. The number of carbonyl (C=O) groups is 1. The van der Waals surface area contributed by atoms with Crippen LogP contribution < -0.4 is 5.32 Å². The van der Waals surface area contributed by atoms with E-state index in [9.17, 15) is 4.79 Å². The first-order valence-corrected chi connectivity index (χ1v) is 6.17. The third-order valence-electron chi connectivity index (χ3n) is 3.19. The van der Waals surface area contributed by atoms with Crippen molar-refractivity contribution in [2.45, 2.75) is 12.3 Å². The van der Waals surface area contributed by atoms with Crippen LogP contribution in [0.1, 0.15) is 17.9 Å². The number of rotatable bonds is 3. The average Bonchev–Trinajstić information content (AvgIpc) is 3.01. The molecule has 2 aromatic rings. The zero-order valence-corrected chi connectivity index (χ0v) is 10.3. The van der Waals surface area contributed by atoms with E-state index in [4.69, 9.17) is 11.6 Å². The van der Waals surface area contributed by atoms with Gasteiger partial charge in [-0.1, -0.05) is 23.7 Å². The fourth-order valence-corrected chi connectivity index (χ4v) is 2.24. The number of aromatic nitrogens is 2. The summed E-state index contributed by atoms with van der Waals surface area (Å²) in [6, 6.07) is 7.69. The van der Waals surface area contributed by atoms with Crippen molar-refractivity contribution < 1.29 is 4.79 Å². The van der Waals surface area contributed by atoms with Gasteiger partial charge in [-0.05, 0) is 30.0 Å². The van der Waals surface area contributed by atoms with Crippen LogP contribution in [0.25, 0.3) is 0 Å². The predicted molar refractivity (Wildman–Crippen MR) is 69.5 cm³/mol. The van der Waals surface area contributed by atoms with Gasteiger partial charge in [-0.15, -0.1) is 0 Å². The summed E-state index contributed by atoms with van der Waals surface area (Å²) in [6.45, 7) is 0. The maximum Gasteiger partial charge on any atom is 0.228 e. The summed E-state index contributed by atoms with van der Waals surface area (Å²) >= 11 is 5.84. The lowest BCUT2D eigenvalue weighted by molar-refractivity contribution is -0.117. The molecule has 1 aromatic carbocycles. The highest BCUT2D eigenvalue weighted by atomic mass is 35.5. The third-order valence-corrected chi connectivity index (χ3v) is 3.44. The number of amides is 1. The molecule has 0 spiro atoms. The van der Waals surface area contributed by atoms with Gasteiger partial charge in [-0.25, -0.2) is 0 Å². The Morgan fingerprint density at radius 1 is 1.39 bits per heavy atom. The summed E-state index contributed by atoms with van der Waals surface area (Å²) < 4.78 is 0. The molecule has 2 atom stereocenters. The van der Waals surface area contributed by atoms with Gasteiger partial charge in [0.25, 0.3) is 0 Å².